The molecule has 0 saturated carbocycles. The minimum Gasteiger partial charge on any atom is -0.326 e. The van der Waals surface area contributed by atoms with Gasteiger partial charge < -0.3 is 10.6 Å². The molecule has 2 amide bonds. The molecule has 146 valence electrons. The molecule has 0 spiro atoms. The predicted octanol–water partition coefficient (Wildman–Crippen LogP) is 4.35. The van der Waals surface area contributed by atoms with Gasteiger partial charge in [-0.15, -0.1) is 0 Å². The molecule has 0 bridgehead atoms. The number of rotatable bonds is 5. The SMILES string of the molecule is CC(=O)Nc1ccc(NC(=O)c2cc(C(C)C)nc3c2cnn3C(C)C)cc1. The number of carbonyl (C=O) groups excluding carboxylic acids is 2. The molecule has 3 rings (SSSR count). The molecule has 3 aromatic rings. The summed E-state index contributed by atoms with van der Waals surface area (Å²) in [6, 6.07) is 8.97. The molecular weight excluding hydrogens is 354 g/mol. The highest BCUT2D eigenvalue weighted by molar-refractivity contribution is 6.12. The van der Waals surface area contributed by atoms with Gasteiger partial charge in [0.2, 0.25) is 5.91 Å². The first kappa shape index (κ1) is 19.5. The zero-order valence-electron chi connectivity index (χ0n) is 16.8. The van der Waals surface area contributed by atoms with E-state index in [4.69, 9.17) is 4.98 Å². The minimum absolute atomic E-state index is 0.139. The molecule has 0 aliphatic rings. The molecular formula is C21H25N5O2. The average molecular weight is 379 g/mol. The number of fused-ring (bicyclic) bond motifs is 1. The lowest BCUT2D eigenvalue weighted by molar-refractivity contribution is -0.114. The fraction of sp³-hybridized carbons (Fsp3) is 0.333. The molecule has 0 atom stereocenters. The first-order valence-corrected chi connectivity index (χ1v) is 9.33. The van der Waals surface area contributed by atoms with Gasteiger partial charge in [0.05, 0.1) is 17.1 Å². The van der Waals surface area contributed by atoms with Crippen molar-refractivity contribution in [3.05, 3.63) is 47.8 Å². The van der Waals surface area contributed by atoms with Gasteiger partial charge in [-0.2, -0.15) is 5.10 Å². The number of carbonyl (C=O) groups is 2. The van der Waals surface area contributed by atoms with Crippen molar-refractivity contribution in [3.8, 4) is 0 Å². The van der Waals surface area contributed by atoms with Gasteiger partial charge in [-0.3, -0.25) is 9.59 Å². The van der Waals surface area contributed by atoms with Crippen molar-refractivity contribution >= 4 is 34.2 Å². The summed E-state index contributed by atoms with van der Waals surface area (Å²) in [5, 5.41) is 10.8. The summed E-state index contributed by atoms with van der Waals surface area (Å²) in [4.78, 5) is 28.9. The summed E-state index contributed by atoms with van der Waals surface area (Å²) < 4.78 is 1.83. The number of benzene rings is 1. The zero-order valence-corrected chi connectivity index (χ0v) is 16.8. The van der Waals surface area contributed by atoms with Crippen molar-refractivity contribution < 1.29 is 9.59 Å². The Labute approximate surface area is 164 Å². The third kappa shape index (κ3) is 4.03. The predicted molar refractivity (Wildman–Crippen MR) is 111 cm³/mol. The summed E-state index contributed by atoms with van der Waals surface area (Å²) in [6.07, 6.45) is 1.70. The lowest BCUT2D eigenvalue weighted by Crippen LogP contribution is -2.14. The Hall–Kier alpha value is -3.22. The summed E-state index contributed by atoms with van der Waals surface area (Å²) >= 11 is 0. The van der Waals surface area contributed by atoms with Crippen molar-refractivity contribution in [2.45, 2.75) is 46.6 Å². The highest BCUT2D eigenvalue weighted by Crippen LogP contribution is 2.25. The maximum absolute atomic E-state index is 13.0. The van der Waals surface area contributed by atoms with Crippen molar-refractivity contribution in [1.29, 1.82) is 0 Å². The second kappa shape index (κ2) is 7.80. The second-order valence-electron chi connectivity index (χ2n) is 7.38. The Morgan fingerprint density at radius 3 is 2.14 bits per heavy atom. The van der Waals surface area contributed by atoms with Crippen LogP contribution in [-0.4, -0.2) is 26.6 Å². The van der Waals surface area contributed by atoms with Crippen LogP contribution >= 0.6 is 0 Å². The Morgan fingerprint density at radius 2 is 1.61 bits per heavy atom. The first-order valence-electron chi connectivity index (χ1n) is 9.33. The van der Waals surface area contributed by atoms with Crippen LogP contribution in [0.1, 0.15) is 62.6 Å². The molecule has 0 fully saturated rings. The molecule has 0 unspecified atom stereocenters. The van der Waals surface area contributed by atoms with E-state index in [1.54, 1.807) is 30.5 Å². The third-order valence-corrected chi connectivity index (χ3v) is 4.37. The number of anilines is 2. The van der Waals surface area contributed by atoms with Gasteiger partial charge in [0.1, 0.15) is 0 Å². The highest BCUT2D eigenvalue weighted by Gasteiger charge is 2.19. The lowest BCUT2D eigenvalue weighted by atomic mass is 10.0. The van der Waals surface area contributed by atoms with E-state index in [9.17, 15) is 9.59 Å². The van der Waals surface area contributed by atoms with Gasteiger partial charge >= 0.3 is 0 Å². The van der Waals surface area contributed by atoms with E-state index < -0.39 is 0 Å². The number of hydrogen-bond acceptors (Lipinski definition) is 4. The van der Waals surface area contributed by atoms with Crippen LogP contribution in [0.4, 0.5) is 11.4 Å². The standard InChI is InChI=1S/C21H25N5O2/c1-12(2)19-10-17(18-11-22-26(13(3)4)20(18)25-19)21(28)24-16-8-6-15(7-9-16)23-14(5)27/h6-13H,1-5H3,(H,23,27)(H,24,28). The molecule has 28 heavy (non-hydrogen) atoms. The normalized spacial score (nSPS) is 11.2. The third-order valence-electron chi connectivity index (χ3n) is 4.37. The van der Waals surface area contributed by atoms with Crippen LogP contribution in [0.15, 0.2) is 36.5 Å². The Morgan fingerprint density at radius 1 is 1.00 bits per heavy atom. The van der Waals surface area contributed by atoms with Crippen LogP contribution in [0.25, 0.3) is 11.0 Å². The molecule has 2 N–H and O–H groups in total. The monoisotopic (exact) mass is 379 g/mol. The van der Waals surface area contributed by atoms with E-state index in [1.807, 2.05) is 38.4 Å². The van der Waals surface area contributed by atoms with Crippen LogP contribution in [0.5, 0.6) is 0 Å². The molecule has 2 aromatic heterocycles. The quantitative estimate of drug-likeness (QED) is 0.690. The largest absolute Gasteiger partial charge is 0.326 e. The number of nitrogens with zero attached hydrogens (tertiary/aromatic N) is 3. The second-order valence-corrected chi connectivity index (χ2v) is 7.38. The van der Waals surface area contributed by atoms with Crippen LogP contribution in [0.2, 0.25) is 0 Å². The van der Waals surface area contributed by atoms with E-state index in [0.717, 1.165) is 11.1 Å². The fourth-order valence-electron chi connectivity index (χ4n) is 2.94. The number of aromatic nitrogens is 3. The van der Waals surface area contributed by atoms with Crippen molar-refractivity contribution in [2.24, 2.45) is 0 Å². The number of amides is 2. The molecule has 7 nitrogen and oxygen atoms in total. The Balaban J connectivity index is 1.95. The molecule has 0 aliphatic heterocycles. The van der Waals surface area contributed by atoms with Gasteiger partial charge in [-0.25, -0.2) is 9.67 Å². The maximum atomic E-state index is 13.0. The smallest absolute Gasteiger partial charge is 0.256 e. The van der Waals surface area contributed by atoms with Gasteiger partial charge in [0.25, 0.3) is 5.91 Å². The summed E-state index contributed by atoms with van der Waals surface area (Å²) in [5.41, 5.74) is 3.43. The summed E-state index contributed by atoms with van der Waals surface area (Å²) in [6.45, 7) is 9.62. The summed E-state index contributed by atoms with van der Waals surface area (Å²) in [7, 11) is 0. The van der Waals surface area contributed by atoms with Gasteiger partial charge in [-0.1, -0.05) is 13.8 Å². The fourth-order valence-corrected chi connectivity index (χ4v) is 2.94. The number of pyridine rings is 1. The Bertz CT molecular complexity index is 1020. The van der Waals surface area contributed by atoms with Gasteiger partial charge in [0, 0.05) is 30.0 Å². The van der Waals surface area contributed by atoms with E-state index in [-0.39, 0.29) is 23.8 Å². The molecule has 1 aromatic carbocycles. The molecule has 0 saturated heterocycles. The van der Waals surface area contributed by atoms with Crippen molar-refractivity contribution in [1.82, 2.24) is 14.8 Å². The van der Waals surface area contributed by atoms with Crippen molar-refractivity contribution in [3.63, 3.8) is 0 Å². The van der Waals surface area contributed by atoms with Crippen LogP contribution in [-0.2, 0) is 4.79 Å². The average Bonchev–Trinajstić information content (AvgIpc) is 3.06. The summed E-state index contributed by atoms with van der Waals surface area (Å²) in [5.74, 6) is -0.173. The van der Waals surface area contributed by atoms with Crippen LogP contribution < -0.4 is 10.6 Å². The van der Waals surface area contributed by atoms with Crippen LogP contribution in [0.3, 0.4) is 0 Å². The van der Waals surface area contributed by atoms with E-state index in [0.29, 0.717) is 22.6 Å². The van der Waals surface area contributed by atoms with Crippen molar-refractivity contribution in [2.75, 3.05) is 10.6 Å². The topological polar surface area (TPSA) is 88.9 Å². The first-order chi connectivity index (χ1) is 13.3. The molecule has 7 heteroatoms. The Kier molecular flexibility index (Phi) is 5.44. The van der Waals surface area contributed by atoms with E-state index >= 15 is 0 Å². The molecule has 0 radical (unpaired) electrons. The maximum Gasteiger partial charge on any atom is 0.256 e. The number of hydrogen-bond donors (Lipinski definition) is 2. The van der Waals surface area contributed by atoms with Gasteiger partial charge in [-0.05, 0) is 50.1 Å². The van der Waals surface area contributed by atoms with E-state index in [2.05, 4.69) is 15.7 Å². The minimum atomic E-state index is -0.218. The molecule has 0 aliphatic carbocycles. The van der Waals surface area contributed by atoms with Crippen LogP contribution in [0, 0.1) is 0 Å². The molecule has 2 heterocycles. The number of nitrogens with one attached hydrogen (secondary N) is 2. The zero-order chi connectivity index (χ0) is 20.4. The highest BCUT2D eigenvalue weighted by atomic mass is 16.2. The lowest BCUT2D eigenvalue weighted by Gasteiger charge is -2.12. The van der Waals surface area contributed by atoms with E-state index in [1.165, 1.54) is 6.92 Å². The van der Waals surface area contributed by atoms with Gasteiger partial charge in [0.15, 0.2) is 5.65 Å².